The SMILES string of the molecule is CC1CN(CC2CCCN2C(=O)CNC(=O)/C=C/c2ccccc2)CC(C)O1. The molecule has 3 rings (SSSR count). The molecule has 28 heavy (non-hydrogen) atoms. The molecule has 1 N–H and O–H groups in total. The molecule has 2 aliphatic heterocycles. The van der Waals surface area contributed by atoms with Crippen molar-refractivity contribution in [3.63, 3.8) is 0 Å². The van der Waals surface area contributed by atoms with Crippen LogP contribution in [-0.2, 0) is 14.3 Å². The first-order valence-electron chi connectivity index (χ1n) is 10.2. The summed E-state index contributed by atoms with van der Waals surface area (Å²) in [6, 6.07) is 9.85. The lowest BCUT2D eigenvalue weighted by atomic mass is 10.1. The Morgan fingerprint density at radius 3 is 2.61 bits per heavy atom. The molecule has 152 valence electrons. The van der Waals surface area contributed by atoms with Crippen LogP contribution in [0.5, 0.6) is 0 Å². The fraction of sp³-hybridized carbons (Fsp3) is 0.545. The van der Waals surface area contributed by atoms with E-state index >= 15 is 0 Å². The molecule has 6 heteroatoms. The molecule has 3 atom stereocenters. The van der Waals surface area contributed by atoms with Crippen LogP contribution in [0.1, 0.15) is 32.3 Å². The fourth-order valence-electron chi connectivity index (χ4n) is 4.14. The fourth-order valence-corrected chi connectivity index (χ4v) is 4.14. The molecule has 0 aliphatic carbocycles. The summed E-state index contributed by atoms with van der Waals surface area (Å²) in [7, 11) is 0. The van der Waals surface area contributed by atoms with Crippen molar-refractivity contribution in [3.05, 3.63) is 42.0 Å². The second kappa shape index (κ2) is 9.85. The minimum atomic E-state index is -0.247. The number of likely N-dealkylation sites (tertiary alicyclic amines) is 1. The first-order chi connectivity index (χ1) is 13.5. The standard InChI is InChI=1S/C22H31N3O3/c1-17-14-24(15-18(2)28-17)16-20-9-6-12-25(20)22(27)13-23-21(26)11-10-19-7-4-3-5-8-19/h3-5,7-8,10-11,17-18,20H,6,9,12-16H2,1-2H3,(H,23,26)/b11-10+. The van der Waals surface area contributed by atoms with Crippen molar-refractivity contribution in [3.8, 4) is 0 Å². The summed E-state index contributed by atoms with van der Waals surface area (Å²) in [6.45, 7) is 7.70. The average Bonchev–Trinajstić information content (AvgIpc) is 3.12. The molecule has 2 heterocycles. The number of amides is 2. The van der Waals surface area contributed by atoms with Crippen molar-refractivity contribution in [1.29, 1.82) is 0 Å². The predicted octanol–water partition coefficient (Wildman–Crippen LogP) is 1.92. The summed E-state index contributed by atoms with van der Waals surface area (Å²) in [4.78, 5) is 29.0. The predicted molar refractivity (Wildman–Crippen MR) is 110 cm³/mol. The maximum atomic E-state index is 12.6. The molecular weight excluding hydrogens is 354 g/mol. The second-order valence-electron chi connectivity index (χ2n) is 7.82. The molecule has 0 bridgehead atoms. The summed E-state index contributed by atoms with van der Waals surface area (Å²) in [5.74, 6) is -0.248. The van der Waals surface area contributed by atoms with Crippen molar-refractivity contribution in [1.82, 2.24) is 15.1 Å². The Balaban J connectivity index is 1.46. The number of carbonyl (C=O) groups is 2. The largest absolute Gasteiger partial charge is 0.373 e. The van der Waals surface area contributed by atoms with Gasteiger partial charge in [-0.05, 0) is 38.3 Å². The third-order valence-corrected chi connectivity index (χ3v) is 5.30. The number of carbonyl (C=O) groups excluding carboxylic acids is 2. The summed E-state index contributed by atoms with van der Waals surface area (Å²) in [5.41, 5.74) is 0.956. The van der Waals surface area contributed by atoms with E-state index in [4.69, 9.17) is 4.74 Å². The van der Waals surface area contributed by atoms with Crippen LogP contribution >= 0.6 is 0 Å². The van der Waals surface area contributed by atoms with Crippen LogP contribution in [0.25, 0.3) is 6.08 Å². The van der Waals surface area contributed by atoms with Crippen LogP contribution < -0.4 is 5.32 Å². The molecule has 0 saturated carbocycles. The van der Waals surface area contributed by atoms with E-state index in [1.54, 1.807) is 6.08 Å². The van der Waals surface area contributed by atoms with Gasteiger partial charge >= 0.3 is 0 Å². The molecule has 0 radical (unpaired) electrons. The van der Waals surface area contributed by atoms with Gasteiger partial charge in [-0.3, -0.25) is 14.5 Å². The van der Waals surface area contributed by atoms with E-state index in [1.165, 1.54) is 6.08 Å². The van der Waals surface area contributed by atoms with Gasteiger partial charge in [0, 0.05) is 38.3 Å². The van der Waals surface area contributed by atoms with Crippen molar-refractivity contribution in [2.75, 3.05) is 32.7 Å². The number of nitrogens with zero attached hydrogens (tertiary/aromatic N) is 2. The number of hydrogen-bond donors (Lipinski definition) is 1. The Hall–Kier alpha value is -2.18. The van der Waals surface area contributed by atoms with Gasteiger partial charge in [0.05, 0.1) is 18.8 Å². The zero-order valence-corrected chi connectivity index (χ0v) is 16.8. The third kappa shape index (κ3) is 5.91. The lowest BCUT2D eigenvalue weighted by Gasteiger charge is -2.38. The minimum Gasteiger partial charge on any atom is -0.373 e. The summed E-state index contributed by atoms with van der Waals surface area (Å²) < 4.78 is 5.80. The van der Waals surface area contributed by atoms with Gasteiger partial charge in [-0.15, -0.1) is 0 Å². The Kier molecular flexibility index (Phi) is 7.23. The molecule has 1 aromatic rings. The molecule has 2 aliphatic rings. The van der Waals surface area contributed by atoms with E-state index < -0.39 is 0 Å². The third-order valence-electron chi connectivity index (χ3n) is 5.30. The number of morpholine rings is 1. The lowest BCUT2D eigenvalue weighted by molar-refractivity contribution is -0.133. The number of benzene rings is 1. The van der Waals surface area contributed by atoms with Crippen LogP contribution in [0, 0.1) is 0 Å². The Labute approximate surface area is 167 Å². The summed E-state index contributed by atoms with van der Waals surface area (Å²) in [6.07, 6.45) is 5.72. The number of hydrogen-bond acceptors (Lipinski definition) is 4. The molecule has 1 aromatic carbocycles. The number of ether oxygens (including phenoxy) is 1. The molecule has 2 amide bonds. The second-order valence-corrected chi connectivity index (χ2v) is 7.82. The van der Waals surface area contributed by atoms with Crippen LogP contribution in [0.3, 0.4) is 0 Å². The van der Waals surface area contributed by atoms with Crippen molar-refractivity contribution in [2.45, 2.75) is 44.9 Å². The first-order valence-corrected chi connectivity index (χ1v) is 10.2. The van der Waals surface area contributed by atoms with Crippen LogP contribution in [-0.4, -0.2) is 72.6 Å². The Bertz CT molecular complexity index is 682. The van der Waals surface area contributed by atoms with E-state index in [0.717, 1.165) is 44.6 Å². The smallest absolute Gasteiger partial charge is 0.244 e. The molecular formula is C22H31N3O3. The highest BCUT2D eigenvalue weighted by molar-refractivity contribution is 5.94. The maximum Gasteiger partial charge on any atom is 0.244 e. The Morgan fingerprint density at radius 2 is 1.89 bits per heavy atom. The zero-order chi connectivity index (χ0) is 19.9. The minimum absolute atomic E-state index is 0.00156. The highest BCUT2D eigenvalue weighted by Crippen LogP contribution is 2.20. The van der Waals surface area contributed by atoms with Gasteiger partial charge in [0.25, 0.3) is 0 Å². The van der Waals surface area contributed by atoms with E-state index in [9.17, 15) is 9.59 Å². The van der Waals surface area contributed by atoms with Crippen molar-refractivity contribution >= 4 is 17.9 Å². The average molecular weight is 386 g/mol. The Morgan fingerprint density at radius 1 is 1.18 bits per heavy atom. The highest BCUT2D eigenvalue weighted by atomic mass is 16.5. The van der Waals surface area contributed by atoms with E-state index in [1.807, 2.05) is 35.2 Å². The topological polar surface area (TPSA) is 61.9 Å². The van der Waals surface area contributed by atoms with Gasteiger partial charge in [0.2, 0.25) is 11.8 Å². The molecule has 2 saturated heterocycles. The van der Waals surface area contributed by atoms with Gasteiger partial charge in [-0.25, -0.2) is 0 Å². The van der Waals surface area contributed by atoms with Crippen molar-refractivity contribution in [2.24, 2.45) is 0 Å². The molecule has 0 aromatic heterocycles. The molecule has 0 spiro atoms. The monoisotopic (exact) mass is 385 g/mol. The van der Waals surface area contributed by atoms with Crippen LogP contribution in [0.4, 0.5) is 0 Å². The summed E-state index contributed by atoms with van der Waals surface area (Å²) in [5, 5.41) is 2.72. The van der Waals surface area contributed by atoms with Gasteiger partial charge in [0.15, 0.2) is 0 Å². The molecule has 3 unspecified atom stereocenters. The van der Waals surface area contributed by atoms with E-state index in [0.29, 0.717) is 0 Å². The summed E-state index contributed by atoms with van der Waals surface area (Å²) >= 11 is 0. The van der Waals surface area contributed by atoms with Gasteiger partial charge in [-0.1, -0.05) is 30.3 Å². The van der Waals surface area contributed by atoms with Gasteiger partial charge in [0.1, 0.15) is 0 Å². The van der Waals surface area contributed by atoms with Gasteiger partial charge < -0.3 is 15.0 Å². The molecule has 6 nitrogen and oxygen atoms in total. The van der Waals surface area contributed by atoms with E-state index in [-0.39, 0.29) is 36.6 Å². The number of nitrogens with one attached hydrogen (secondary N) is 1. The molecule has 2 fully saturated rings. The van der Waals surface area contributed by atoms with Crippen LogP contribution in [0.15, 0.2) is 36.4 Å². The normalized spacial score (nSPS) is 25.9. The number of rotatable bonds is 6. The van der Waals surface area contributed by atoms with Crippen LogP contribution in [0.2, 0.25) is 0 Å². The zero-order valence-electron chi connectivity index (χ0n) is 16.8. The highest BCUT2D eigenvalue weighted by Gasteiger charge is 2.32. The van der Waals surface area contributed by atoms with Crippen molar-refractivity contribution < 1.29 is 14.3 Å². The lowest BCUT2D eigenvalue weighted by Crippen LogP contribution is -2.52. The van der Waals surface area contributed by atoms with E-state index in [2.05, 4.69) is 24.1 Å². The quantitative estimate of drug-likeness (QED) is 0.760. The maximum absolute atomic E-state index is 12.6. The van der Waals surface area contributed by atoms with Gasteiger partial charge in [-0.2, -0.15) is 0 Å². The first kappa shape index (κ1) is 20.6.